The van der Waals surface area contributed by atoms with Gasteiger partial charge in [-0.25, -0.2) is 0 Å². The van der Waals surface area contributed by atoms with E-state index in [0.717, 1.165) is 16.7 Å². The molecule has 0 saturated heterocycles. The third-order valence-electron chi connectivity index (χ3n) is 3.13. The number of benzene rings is 2. The van der Waals surface area contributed by atoms with Crippen LogP contribution in [-0.4, -0.2) is 13.1 Å². The molecule has 0 fully saturated rings. The van der Waals surface area contributed by atoms with Crippen molar-refractivity contribution in [3.8, 4) is 11.1 Å². The molecule has 0 bridgehead atoms. The molecule has 0 spiro atoms. The molecule has 2 rings (SSSR count). The molecule has 21 heavy (non-hydrogen) atoms. The van der Waals surface area contributed by atoms with Crippen molar-refractivity contribution in [1.82, 2.24) is 0 Å². The molecule has 0 atom stereocenters. The number of rotatable bonds is 4. The standard InChI is InChI=1S/C16H13Cl3O2/c1-21-15(20)8-5-10-3-2-4-13(18)16(10)12-7-6-11(17)9-14(12)19/h2-4,6-7,9H,5,8H2,1H3. The van der Waals surface area contributed by atoms with Crippen molar-refractivity contribution < 1.29 is 9.53 Å². The normalized spacial score (nSPS) is 10.5. The van der Waals surface area contributed by atoms with E-state index in [2.05, 4.69) is 4.74 Å². The van der Waals surface area contributed by atoms with E-state index in [-0.39, 0.29) is 12.4 Å². The highest BCUT2D eigenvalue weighted by molar-refractivity contribution is 6.38. The van der Waals surface area contributed by atoms with Gasteiger partial charge in [0.15, 0.2) is 0 Å². The van der Waals surface area contributed by atoms with Crippen LogP contribution in [0.2, 0.25) is 15.1 Å². The van der Waals surface area contributed by atoms with Crippen molar-refractivity contribution in [3.63, 3.8) is 0 Å². The topological polar surface area (TPSA) is 26.3 Å². The van der Waals surface area contributed by atoms with Crippen LogP contribution in [0.3, 0.4) is 0 Å². The molecule has 2 aromatic rings. The molecule has 0 aliphatic rings. The van der Waals surface area contributed by atoms with Crippen LogP contribution in [0.1, 0.15) is 12.0 Å². The number of aryl methyl sites for hydroxylation is 1. The van der Waals surface area contributed by atoms with Gasteiger partial charge in [-0.15, -0.1) is 0 Å². The molecule has 0 heterocycles. The lowest BCUT2D eigenvalue weighted by Crippen LogP contribution is -2.03. The number of hydrogen-bond acceptors (Lipinski definition) is 2. The van der Waals surface area contributed by atoms with Crippen molar-refractivity contribution in [3.05, 3.63) is 57.0 Å². The molecular formula is C16H13Cl3O2. The molecule has 0 aliphatic carbocycles. The fourth-order valence-corrected chi connectivity index (χ4v) is 2.91. The average molecular weight is 344 g/mol. The van der Waals surface area contributed by atoms with E-state index in [4.69, 9.17) is 34.8 Å². The quantitative estimate of drug-likeness (QED) is 0.693. The second-order valence-electron chi connectivity index (χ2n) is 4.47. The zero-order valence-corrected chi connectivity index (χ0v) is 13.6. The predicted molar refractivity (Wildman–Crippen MR) is 87.2 cm³/mol. The summed E-state index contributed by atoms with van der Waals surface area (Å²) in [6, 6.07) is 10.8. The van der Waals surface area contributed by atoms with Crippen LogP contribution in [0.15, 0.2) is 36.4 Å². The molecule has 110 valence electrons. The maximum atomic E-state index is 11.3. The highest BCUT2D eigenvalue weighted by Gasteiger charge is 2.14. The number of carbonyl (C=O) groups excluding carboxylic acids is 1. The zero-order chi connectivity index (χ0) is 15.4. The van der Waals surface area contributed by atoms with Gasteiger partial charge in [-0.1, -0.05) is 53.0 Å². The number of carbonyl (C=O) groups is 1. The fraction of sp³-hybridized carbons (Fsp3) is 0.188. The summed E-state index contributed by atoms with van der Waals surface area (Å²) in [5.74, 6) is -0.261. The van der Waals surface area contributed by atoms with E-state index < -0.39 is 0 Å². The molecule has 2 aromatic carbocycles. The predicted octanol–water partition coefficient (Wildman–Crippen LogP) is 5.42. The number of ether oxygens (including phenoxy) is 1. The first-order valence-corrected chi connectivity index (χ1v) is 7.46. The molecule has 0 radical (unpaired) electrons. The van der Waals surface area contributed by atoms with Crippen LogP contribution in [0.5, 0.6) is 0 Å². The van der Waals surface area contributed by atoms with E-state index in [1.165, 1.54) is 7.11 Å². The Balaban J connectivity index is 2.44. The van der Waals surface area contributed by atoms with Crippen molar-refractivity contribution in [1.29, 1.82) is 0 Å². The third kappa shape index (κ3) is 3.91. The minimum Gasteiger partial charge on any atom is -0.469 e. The van der Waals surface area contributed by atoms with Crippen LogP contribution < -0.4 is 0 Å². The average Bonchev–Trinajstić information content (AvgIpc) is 2.46. The van der Waals surface area contributed by atoms with E-state index in [1.807, 2.05) is 18.2 Å². The first-order chi connectivity index (χ1) is 10.0. The van der Waals surface area contributed by atoms with Gasteiger partial charge >= 0.3 is 5.97 Å². The summed E-state index contributed by atoms with van der Waals surface area (Å²) < 4.78 is 4.67. The van der Waals surface area contributed by atoms with Crippen LogP contribution >= 0.6 is 34.8 Å². The summed E-state index contributed by atoms with van der Waals surface area (Å²) in [4.78, 5) is 11.3. The molecular weight excluding hydrogens is 331 g/mol. The summed E-state index contributed by atoms with van der Waals surface area (Å²) in [7, 11) is 1.37. The monoisotopic (exact) mass is 342 g/mol. The summed E-state index contributed by atoms with van der Waals surface area (Å²) in [5.41, 5.74) is 2.56. The molecule has 0 unspecified atom stereocenters. The van der Waals surface area contributed by atoms with Crippen LogP contribution in [0, 0.1) is 0 Å². The first-order valence-electron chi connectivity index (χ1n) is 6.32. The van der Waals surface area contributed by atoms with Crippen molar-refractivity contribution in [2.45, 2.75) is 12.8 Å². The fourth-order valence-electron chi connectivity index (χ4n) is 2.11. The summed E-state index contributed by atoms with van der Waals surface area (Å²) in [5, 5.41) is 1.67. The van der Waals surface area contributed by atoms with Crippen LogP contribution in [-0.2, 0) is 16.0 Å². The van der Waals surface area contributed by atoms with Gasteiger partial charge in [0.05, 0.1) is 7.11 Å². The minimum atomic E-state index is -0.261. The van der Waals surface area contributed by atoms with E-state index in [9.17, 15) is 4.79 Å². The lowest BCUT2D eigenvalue weighted by atomic mass is 9.96. The Hall–Kier alpha value is -1.22. The van der Waals surface area contributed by atoms with Gasteiger partial charge in [0.2, 0.25) is 0 Å². The van der Waals surface area contributed by atoms with Gasteiger partial charge in [0.1, 0.15) is 0 Å². The van der Waals surface area contributed by atoms with Crippen molar-refractivity contribution >= 4 is 40.8 Å². The van der Waals surface area contributed by atoms with E-state index >= 15 is 0 Å². The Morgan fingerprint density at radius 2 is 1.86 bits per heavy atom. The second-order valence-corrected chi connectivity index (χ2v) is 5.73. The van der Waals surface area contributed by atoms with Gasteiger partial charge in [0.25, 0.3) is 0 Å². The number of hydrogen-bond donors (Lipinski definition) is 0. The van der Waals surface area contributed by atoms with Crippen LogP contribution in [0.4, 0.5) is 0 Å². The van der Waals surface area contributed by atoms with Gasteiger partial charge < -0.3 is 4.74 Å². The minimum absolute atomic E-state index is 0.261. The largest absolute Gasteiger partial charge is 0.469 e. The number of methoxy groups -OCH3 is 1. The first kappa shape index (κ1) is 16.2. The lowest BCUT2D eigenvalue weighted by molar-refractivity contribution is -0.140. The van der Waals surface area contributed by atoms with Gasteiger partial charge in [0, 0.05) is 32.6 Å². The van der Waals surface area contributed by atoms with Crippen LogP contribution in [0.25, 0.3) is 11.1 Å². The number of esters is 1. The maximum absolute atomic E-state index is 11.3. The Morgan fingerprint density at radius 1 is 1.10 bits per heavy atom. The SMILES string of the molecule is COC(=O)CCc1cccc(Cl)c1-c1ccc(Cl)cc1Cl. The van der Waals surface area contributed by atoms with Crippen molar-refractivity contribution in [2.24, 2.45) is 0 Å². The van der Waals surface area contributed by atoms with Gasteiger partial charge in [-0.3, -0.25) is 4.79 Å². The third-order valence-corrected chi connectivity index (χ3v) is 3.99. The van der Waals surface area contributed by atoms with Gasteiger partial charge in [-0.2, -0.15) is 0 Å². The zero-order valence-electron chi connectivity index (χ0n) is 11.3. The molecule has 0 aliphatic heterocycles. The Kier molecular flexibility index (Phi) is 5.51. The Bertz CT molecular complexity index is 669. The summed E-state index contributed by atoms with van der Waals surface area (Å²) >= 11 is 18.5. The summed E-state index contributed by atoms with van der Waals surface area (Å²) in [6.45, 7) is 0. The second kappa shape index (κ2) is 7.17. The Labute approximate surface area is 138 Å². The molecule has 0 saturated carbocycles. The number of halogens is 3. The van der Waals surface area contributed by atoms with E-state index in [0.29, 0.717) is 21.5 Å². The van der Waals surface area contributed by atoms with Crippen molar-refractivity contribution in [2.75, 3.05) is 7.11 Å². The van der Waals surface area contributed by atoms with Gasteiger partial charge in [-0.05, 0) is 30.2 Å². The highest BCUT2D eigenvalue weighted by Crippen LogP contribution is 2.37. The Morgan fingerprint density at radius 3 is 2.52 bits per heavy atom. The van der Waals surface area contributed by atoms with E-state index in [1.54, 1.807) is 18.2 Å². The molecule has 0 N–H and O–H groups in total. The molecule has 2 nitrogen and oxygen atoms in total. The summed E-state index contributed by atoms with van der Waals surface area (Å²) in [6.07, 6.45) is 0.816. The smallest absolute Gasteiger partial charge is 0.305 e. The maximum Gasteiger partial charge on any atom is 0.305 e. The lowest BCUT2D eigenvalue weighted by Gasteiger charge is -2.13. The molecule has 5 heteroatoms. The molecule has 0 amide bonds. The highest BCUT2D eigenvalue weighted by atomic mass is 35.5. The molecule has 0 aromatic heterocycles.